The number of benzene rings is 2. The third kappa shape index (κ3) is 4.81. The molecular formula is C25H29N3O6S2. The molecule has 1 aliphatic carbocycles. The van der Waals surface area contributed by atoms with Crippen molar-refractivity contribution in [1.82, 2.24) is 0 Å². The van der Waals surface area contributed by atoms with Crippen LogP contribution in [-0.4, -0.2) is 40.5 Å². The average Bonchev–Trinajstić information content (AvgIpc) is 2.75. The van der Waals surface area contributed by atoms with Gasteiger partial charge in [0.25, 0.3) is 10.0 Å². The van der Waals surface area contributed by atoms with Gasteiger partial charge in [0.1, 0.15) is 16.6 Å². The molecule has 9 nitrogen and oxygen atoms in total. The van der Waals surface area contributed by atoms with Crippen LogP contribution >= 0.6 is 0 Å². The number of amidine groups is 1. The highest BCUT2D eigenvalue weighted by Crippen LogP contribution is 2.44. The maximum atomic E-state index is 14.0. The topological polar surface area (TPSA) is 139 Å². The summed E-state index contributed by atoms with van der Waals surface area (Å²) >= 11 is 0. The van der Waals surface area contributed by atoms with Crippen molar-refractivity contribution >= 4 is 48.8 Å². The zero-order valence-corrected chi connectivity index (χ0v) is 22.4. The van der Waals surface area contributed by atoms with E-state index in [4.69, 9.17) is 0 Å². The van der Waals surface area contributed by atoms with Gasteiger partial charge in [0, 0.05) is 11.3 Å². The molecule has 4 rings (SSSR count). The summed E-state index contributed by atoms with van der Waals surface area (Å²) in [6, 6.07) is 10.8. The number of carbonyl (C=O) groups excluding carboxylic acids is 2. The van der Waals surface area contributed by atoms with Gasteiger partial charge in [-0.05, 0) is 48.9 Å². The van der Waals surface area contributed by atoms with E-state index in [2.05, 4.69) is 35.2 Å². The molecule has 2 aromatic carbocycles. The van der Waals surface area contributed by atoms with Gasteiger partial charge in [-0.1, -0.05) is 45.0 Å². The quantitative estimate of drug-likeness (QED) is 0.560. The Balaban J connectivity index is 1.79. The Kier molecular flexibility index (Phi) is 6.16. The SMILES string of the molecule is CC(C)(C)CC[C@]1(C)C(=O)C(C2=NS(=O)(=O)c3cc(NS(C)(=O)=O)ccc3N2)C(=O)c2ccccc21. The van der Waals surface area contributed by atoms with Crippen LogP contribution in [0.5, 0.6) is 0 Å². The molecule has 0 spiro atoms. The molecule has 0 fully saturated rings. The Hall–Kier alpha value is -3.05. The maximum absolute atomic E-state index is 14.0. The van der Waals surface area contributed by atoms with Gasteiger partial charge in [0.15, 0.2) is 11.6 Å². The van der Waals surface area contributed by atoms with Gasteiger partial charge >= 0.3 is 0 Å². The number of rotatable bonds is 5. The van der Waals surface area contributed by atoms with Crippen molar-refractivity contribution < 1.29 is 26.4 Å². The Labute approximate surface area is 211 Å². The fourth-order valence-corrected chi connectivity index (χ4v) is 6.35. The van der Waals surface area contributed by atoms with Gasteiger partial charge in [-0.15, -0.1) is 4.40 Å². The van der Waals surface area contributed by atoms with Crippen LogP contribution in [-0.2, 0) is 30.3 Å². The molecule has 1 aliphatic heterocycles. The second kappa shape index (κ2) is 8.52. The summed E-state index contributed by atoms with van der Waals surface area (Å²) in [5.41, 5.74) is 0.0923. The van der Waals surface area contributed by atoms with E-state index in [1.807, 2.05) is 0 Å². The molecule has 11 heteroatoms. The molecule has 2 N–H and O–H groups in total. The van der Waals surface area contributed by atoms with E-state index in [0.717, 1.165) is 12.3 Å². The predicted octanol–water partition coefficient (Wildman–Crippen LogP) is 3.74. The van der Waals surface area contributed by atoms with Crippen molar-refractivity contribution in [2.75, 3.05) is 16.3 Å². The Morgan fingerprint density at radius 1 is 1.11 bits per heavy atom. The number of nitrogens with one attached hydrogen (secondary N) is 2. The summed E-state index contributed by atoms with van der Waals surface area (Å²) in [7, 11) is -7.96. The summed E-state index contributed by atoms with van der Waals surface area (Å²) in [5.74, 6) is -2.58. The van der Waals surface area contributed by atoms with Crippen LogP contribution in [0, 0.1) is 11.3 Å². The van der Waals surface area contributed by atoms with Crippen molar-refractivity contribution in [3.63, 3.8) is 0 Å². The normalized spacial score (nSPS) is 23.2. The van der Waals surface area contributed by atoms with E-state index < -0.39 is 42.9 Å². The van der Waals surface area contributed by atoms with Crippen LogP contribution in [0.2, 0.25) is 0 Å². The number of Topliss-reactive ketones (excluding diaryl/α,β-unsaturated/α-hetero) is 2. The molecule has 1 unspecified atom stereocenters. The molecule has 2 atom stereocenters. The zero-order valence-electron chi connectivity index (χ0n) is 20.7. The fraction of sp³-hybridized carbons (Fsp3) is 0.400. The molecule has 0 bridgehead atoms. The van der Waals surface area contributed by atoms with Gasteiger partial charge in [0.05, 0.1) is 17.4 Å². The van der Waals surface area contributed by atoms with Gasteiger partial charge < -0.3 is 5.32 Å². The lowest BCUT2D eigenvalue weighted by molar-refractivity contribution is -0.125. The standard InChI is InChI=1S/C25H29N3O6S2/c1-24(2,3)12-13-25(4)17-9-7-6-8-16(17)21(29)20(22(25)30)23-26-18-11-10-15(27-35(5,31)32)14-19(18)36(33,34)28-23/h6-11,14,20,27H,12-13H2,1-5H3,(H,26,28)/t20?,25-/m0/s1. The maximum Gasteiger partial charge on any atom is 0.286 e. The molecule has 192 valence electrons. The molecule has 0 saturated heterocycles. The van der Waals surface area contributed by atoms with E-state index in [9.17, 15) is 26.4 Å². The van der Waals surface area contributed by atoms with Crippen molar-refractivity contribution in [3.8, 4) is 0 Å². The van der Waals surface area contributed by atoms with Crippen molar-refractivity contribution in [2.24, 2.45) is 15.7 Å². The van der Waals surface area contributed by atoms with Gasteiger partial charge in [-0.2, -0.15) is 8.42 Å². The Morgan fingerprint density at radius 3 is 2.42 bits per heavy atom. The first-order valence-corrected chi connectivity index (χ1v) is 14.8. The van der Waals surface area contributed by atoms with E-state index in [1.165, 1.54) is 12.1 Å². The third-order valence-electron chi connectivity index (χ3n) is 6.55. The van der Waals surface area contributed by atoms with Crippen LogP contribution in [0.15, 0.2) is 51.8 Å². The van der Waals surface area contributed by atoms with Crippen LogP contribution in [0.25, 0.3) is 0 Å². The van der Waals surface area contributed by atoms with Crippen LogP contribution in [0.4, 0.5) is 11.4 Å². The Morgan fingerprint density at radius 2 is 1.78 bits per heavy atom. The molecule has 2 aliphatic rings. The largest absolute Gasteiger partial charge is 0.341 e. The number of fused-ring (bicyclic) bond motifs is 2. The first-order valence-electron chi connectivity index (χ1n) is 11.4. The fourth-order valence-electron chi connectivity index (χ4n) is 4.62. The zero-order chi connectivity index (χ0) is 26.7. The predicted molar refractivity (Wildman–Crippen MR) is 138 cm³/mol. The van der Waals surface area contributed by atoms with Crippen LogP contribution in [0.3, 0.4) is 0 Å². The lowest BCUT2D eigenvalue weighted by Gasteiger charge is -2.39. The summed E-state index contributed by atoms with van der Waals surface area (Å²) in [4.78, 5) is 27.2. The van der Waals surface area contributed by atoms with E-state index in [-0.39, 0.29) is 27.5 Å². The number of anilines is 2. The molecule has 1 heterocycles. The molecule has 36 heavy (non-hydrogen) atoms. The van der Waals surface area contributed by atoms with Gasteiger partial charge in [-0.25, -0.2) is 8.42 Å². The highest BCUT2D eigenvalue weighted by molar-refractivity contribution is 7.92. The minimum atomic E-state index is -4.33. The van der Waals surface area contributed by atoms with Gasteiger partial charge in [0.2, 0.25) is 10.0 Å². The van der Waals surface area contributed by atoms with Crippen molar-refractivity contribution in [2.45, 2.75) is 50.8 Å². The monoisotopic (exact) mass is 531 g/mol. The summed E-state index contributed by atoms with van der Waals surface area (Å²) in [6.07, 6.45) is 2.14. The minimum Gasteiger partial charge on any atom is -0.341 e. The van der Waals surface area contributed by atoms with E-state index in [1.54, 1.807) is 31.2 Å². The lowest BCUT2D eigenvalue weighted by Crippen LogP contribution is -2.51. The summed E-state index contributed by atoms with van der Waals surface area (Å²) in [5, 5.41) is 2.87. The molecule has 0 saturated carbocycles. The minimum absolute atomic E-state index is 0.0498. The highest BCUT2D eigenvalue weighted by atomic mass is 32.2. The van der Waals surface area contributed by atoms with Crippen LogP contribution < -0.4 is 10.0 Å². The third-order valence-corrected chi connectivity index (χ3v) is 8.48. The summed E-state index contributed by atoms with van der Waals surface area (Å²) < 4.78 is 55.4. The Bertz CT molecular complexity index is 1520. The molecule has 0 amide bonds. The second-order valence-corrected chi connectivity index (χ2v) is 14.1. The van der Waals surface area contributed by atoms with Gasteiger partial charge in [-0.3, -0.25) is 14.3 Å². The number of carbonyl (C=O) groups is 2. The second-order valence-electron chi connectivity index (χ2n) is 10.8. The summed E-state index contributed by atoms with van der Waals surface area (Å²) in [6.45, 7) is 8.01. The van der Waals surface area contributed by atoms with E-state index >= 15 is 0 Å². The number of ketones is 2. The van der Waals surface area contributed by atoms with E-state index in [0.29, 0.717) is 24.0 Å². The molecular weight excluding hydrogens is 502 g/mol. The smallest absolute Gasteiger partial charge is 0.286 e. The van der Waals surface area contributed by atoms with Crippen molar-refractivity contribution in [3.05, 3.63) is 53.6 Å². The van der Waals surface area contributed by atoms with Crippen molar-refractivity contribution in [1.29, 1.82) is 0 Å². The first-order chi connectivity index (χ1) is 16.5. The number of nitrogens with zero attached hydrogens (tertiary/aromatic N) is 1. The van der Waals surface area contributed by atoms with Crippen LogP contribution in [0.1, 0.15) is 56.5 Å². The number of hydrogen-bond acceptors (Lipinski definition) is 7. The molecule has 0 aromatic heterocycles. The first kappa shape index (κ1) is 26.0. The number of hydrogen-bond donors (Lipinski definition) is 2. The molecule has 0 radical (unpaired) electrons. The average molecular weight is 532 g/mol. The number of sulfonamides is 2. The molecule has 2 aromatic rings. The lowest BCUT2D eigenvalue weighted by atomic mass is 9.62. The highest BCUT2D eigenvalue weighted by Gasteiger charge is 2.51.